The molecule has 0 aromatic heterocycles. The molecule has 0 aliphatic carbocycles. The Hall–Kier alpha value is -1.92. The van der Waals surface area contributed by atoms with E-state index >= 15 is 0 Å². The molecule has 0 N–H and O–H groups in total. The standard InChI is InChI=1S/C24H40BNO5/c1-15(22(6,7)17(3)27)16(2)24(10,11)31-20(30)23(8,9)18(28)13-21(4,5)19(29)26(12)14-25/h13-14H2,1-12H3/b16-15-. The maximum absolute atomic E-state index is 13.0. The number of ether oxygens (including phenoxy) is 1. The second kappa shape index (κ2) is 9.70. The van der Waals surface area contributed by atoms with E-state index in [9.17, 15) is 19.2 Å². The van der Waals surface area contributed by atoms with Gasteiger partial charge in [0.15, 0.2) is 5.78 Å². The lowest BCUT2D eigenvalue weighted by atomic mass is 9.76. The van der Waals surface area contributed by atoms with Crippen LogP contribution in [0.25, 0.3) is 0 Å². The van der Waals surface area contributed by atoms with Crippen molar-refractivity contribution in [2.24, 2.45) is 16.2 Å². The summed E-state index contributed by atoms with van der Waals surface area (Å²) >= 11 is 0. The van der Waals surface area contributed by atoms with Crippen molar-refractivity contribution in [2.75, 3.05) is 13.5 Å². The van der Waals surface area contributed by atoms with Crippen LogP contribution in [0.3, 0.4) is 0 Å². The van der Waals surface area contributed by atoms with E-state index in [-0.39, 0.29) is 30.3 Å². The zero-order chi connectivity index (χ0) is 25.2. The fourth-order valence-electron chi connectivity index (χ4n) is 3.03. The van der Waals surface area contributed by atoms with Crippen LogP contribution in [-0.2, 0) is 23.9 Å². The minimum Gasteiger partial charge on any atom is -0.454 e. The van der Waals surface area contributed by atoms with Crippen molar-refractivity contribution in [1.82, 2.24) is 4.90 Å². The lowest BCUT2D eigenvalue weighted by Gasteiger charge is -2.36. The molecule has 0 aliphatic rings. The van der Waals surface area contributed by atoms with Crippen LogP contribution in [0.4, 0.5) is 0 Å². The van der Waals surface area contributed by atoms with Crippen molar-refractivity contribution in [3.63, 3.8) is 0 Å². The third-order valence-electron chi connectivity index (χ3n) is 6.64. The number of carbonyl (C=O) groups excluding carboxylic acids is 4. The summed E-state index contributed by atoms with van der Waals surface area (Å²) in [6.07, 6.45) is -0.0818. The minimum absolute atomic E-state index is 0.0105. The minimum atomic E-state index is -1.44. The van der Waals surface area contributed by atoms with Crippen molar-refractivity contribution in [1.29, 1.82) is 0 Å². The summed E-state index contributed by atoms with van der Waals surface area (Å²) in [5.41, 5.74) is -2.59. The molecule has 0 aromatic carbocycles. The van der Waals surface area contributed by atoms with Gasteiger partial charge in [-0.15, -0.1) is 0 Å². The van der Waals surface area contributed by atoms with Crippen LogP contribution in [0.15, 0.2) is 11.1 Å². The molecule has 0 rings (SSSR count). The number of esters is 1. The third-order valence-corrected chi connectivity index (χ3v) is 6.64. The van der Waals surface area contributed by atoms with Gasteiger partial charge in [-0.3, -0.25) is 19.2 Å². The topological polar surface area (TPSA) is 80.8 Å². The Bertz CT molecular complexity index is 775. The fourth-order valence-corrected chi connectivity index (χ4v) is 3.03. The number of ketones is 2. The highest BCUT2D eigenvalue weighted by molar-refractivity contribution is 6.10. The number of carbonyl (C=O) groups is 4. The maximum Gasteiger partial charge on any atom is 0.319 e. The van der Waals surface area contributed by atoms with Gasteiger partial charge in [-0.2, -0.15) is 0 Å². The normalized spacial score (nSPS) is 13.9. The molecule has 0 bridgehead atoms. The Morgan fingerprint density at radius 3 is 1.65 bits per heavy atom. The van der Waals surface area contributed by atoms with Crippen LogP contribution in [0, 0.1) is 16.2 Å². The van der Waals surface area contributed by atoms with Crippen LogP contribution < -0.4 is 0 Å². The summed E-state index contributed by atoms with van der Waals surface area (Å²) in [5.74, 6) is -1.32. The Morgan fingerprint density at radius 2 is 1.26 bits per heavy atom. The van der Waals surface area contributed by atoms with Gasteiger partial charge in [0.2, 0.25) is 5.91 Å². The van der Waals surface area contributed by atoms with Gasteiger partial charge in [0.25, 0.3) is 0 Å². The summed E-state index contributed by atoms with van der Waals surface area (Å²) in [4.78, 5) is 51.9. The van der Waals surface area contributed by atoms with Gasteiger partial charge in [-0.25, -0.2) is 0 Å². The Balaban J connectivity index is 5.73. The molecule has 0 saturated carbocycles. The molecule has 1 amide bonds. The number of hydrogen-bond donors (Lipinski definition) is 0. The summed E-state index contributed by atoms with van der Waals surface area (Å²) < 4.78 is 5.78. The van der Waals surface area contributed by atoms with E-state index in [4.69, 9.17) is 12.6 Å². The first-order valence-corrected chi connectivity index (χ1v) is 10.6. The van der Waals surface area contributed by atoms with Gasteiger partial charge < -0.3 is 9.64 Å². The molecule has 0 heterocycles. The molecule has 7 heteroatoms. The highest BCUT2D eigenvalue weighted by atomic mass is 16.6. The lowest BCUT2D eigenvalue weighted by Crippen LogP contribution is -2.45. The van der Waals surface area contributed by atoms with Crippen LogP contribution in [0.1, 0.15) is 82.6 Å². The van der Waals surface area contributed by atoms with Crippen molar-refractivity contribution >= 4 is 31.3 Å². The smallest absolute Gasteiger partial charge is 0.319 e. The van der Waals surface area contributed by atoms with Crippen molar-refractivity contribution in [3.8, 4) is 0 Å². The molecule has 31 heavy (non-hydrogen) atoms. The molecule has 0 saturated heterocycles. The molecule has 0 aromatic rings. The van der Waals surface area contributed by atoms with Crippen LogP contribution in [-0.4, -0.2) is 55.3 Å². The van der Waals surface area contributed by atoms with Gasteiger partial charge in [0.05, 0.1) is 13.3 Å². The zero-order valence-electron chi connectivity index (χ0n) is 21.5. The van der Waals surface area contributed by atoms with E-state index in [1.165, 1.54) is 25.7 Å². The van der Waals surface area contributed by atoms with Crippen LogP contribution in [0.5, 0.6) is 0 Å². The molecule has 6 nitrogen and oxygen atoms in total. The third kappa shape index (κ3) is 6.53. The molecular weight excluding hydrogens is 393 g/mol. The van der Waals surface area contributed by atoms with Gasteiger partial charge in [0, 0.05) is 18.9 Å². The van der Waals surface area contributed by atoms with Crippen molar-refractivity contribution < 1.29 is 23.9 Å². The molecule has 0 spiro atoms. The molecular formula is C24H40BNO5. The van der Waals surface area contributed by atoms with Crippen molar-refractivity contribution in [2.45, 2.75) is 88.2 Å². The quantitative estimate of drug-likeness (QED) is 0.226. The monoisotopic (exact) mass is 433 g/mol. The predicted octanol–water partition coefficient (Wildman–Crippen LogP) is 3.86. The van der Waals surface area contributed by atoms with E-state index in [1.54, 1.807) is 34.7 Å². The largest absolute Gasteiger partial charge is 0.454 e. The van der Waals surface area contributed by atoms with E-state index in [2.05, 4.69) is 0 Å². The first-order chi connectivity index (χ1) is 13.7. The zero-order valence-corrected chi connectivity index (χ0v) is 21.5. The summed E-state index contributed by atoms with van der Waals surface area (Å²) in [7, 11) is 7.09. The number of hydrogen-bond acceptors (Lipinski definition) is 5. The molecule has 0 atom stereocenters. The number of Topliss-reactive ketones (excluding diaryl/α,β-unsaturated/α-hetero) is 2. The fraction of sp³-hybridized carbons (Fsp3) is 0.750. The van der Waals surface area contributed by atoms with E-state index in [0.717, 1.165) is 11.1 Å². The molecule has 174 valence electrons. The summed E-state index contributed by atoms with van der Waals surface area (Å²) in [5, 5.41) is 0. The van der Waals surface area contributed by atoms with E-state index < -0.39 is 27.8 Å². The Labute approximate surface area is 189 Å². The highest BCUT2D eigenvalue weighted by Gasteiger charge is 2.45. The lowest BCUT2D eigenvalue weighted by molar-refractivity contribution is -0.168. The molecule has 0 fully saturated rings. The molecule has 0 aliphatic heterocycles. The Morgan fingerprint density at radius 1 is 0.806 bits per heavy atom. The average molecular weight is 433 g/mol. The second-order valence-electron chi connectivity index (χ2n) is 10.6. The number of rotatable bonds is 10. The highest BCUT2D eigenvalue weighted by Crippen LogP contribution is 2.37. The molecule has 2 radical (unpaired) electrons. The van der Waals surface area contributed by atoms with Gasteiger partial charge in [0.1, 0.15) is 16.8 Å². The summed E-state index contributed by atoms with van der Waals surface area (Å²) in [6, 6.07) is 0. The average Bonchev–Trinajstić information content (AvgIpc) is 2.64. The van der Waals surface area contributed by atoms with Crippen molar-refractivity contribution in [3.05, 3.63) is 11.1 Å². The maximum atomic E-state index is 13.0. The van der Waals surface area contributed by atoms with E-state index in [0.29, 0.717) is 0 Å². The predicted molar refractivity (Wildman–Crippen MR) is 124 cm³/mol. The number of nitrogens with zero attached hydrogens (tertiary/aromatic N) is 1. The van der Waals surface area contributed by atoms with E-state index in [1.807, 2.05) is 27.7 Å². The summed E-state index contributed by atoms with van der Waals surface area (Å²) in [6.45, 7) is 18.7. The Kier molecular flexibility index (Phi) is 9.10. The molecule has 0 unspecified atom stereocenters. The second-order valence-corrected chi connectivity index (χ2v) is 10.6. The van der Waals surface area contributed by atoms with Gasteiger partial charge >= 0.3 is 5.97 Å². The number of allylic oxidation sites excluding steroid dienone is 1. The SMILES string of the molecule is [B]CN(C)C(=O)C(C)(C)CC(=O)C(C)(C)C(=O)OC(C)(C)/C(C)=C(/C)C(C)(C)C(C)=O. The van der Waals surface area contributed by atoms with Crippen LogP contribution >= 0.6 is 0 Å². The van der Waals surface area contributed by atoms with Gasteiger partial charge in [-0.05, 0) is 74.3 Å². The number of amides is 1. The first kappa shape index (κ1) is 29.1. The van der Waals surface area contributed by atoms with Crippen LogP contribution in [0.2, 0.25) is 0 Å². The first-order valence-electron chi connectivity index (χ1n) is 10.6. The van der Waals surface area contributed by atoms with Gasteiger partial charge in [-0.1, -0.05) is 19.4 Å².